The summed E-state index contributed by atoms with van der Waals surface area (Å²) in [5.74, 6) is 1.36. The standard InChI is InChI=1S/C24H22ClN5OS/c1-29-10-5-11-30(24-23(29)27-19-8-2-3-9-20(19)28-24)22(31)14-18-15-32-21(26-18)13-16-6-4-7-17(25)12-16/h2-4,6-9,12,15H,5,10-11,13-14H2,1H3. The first-order valence-electron chi connectivity index (χ1n) is 10.5. The molecule has 0 spiro atoms. The number of nitrogens with zero attached hydrogens (tertiary/aromatic N) is 5. The van der Waals surface area contributed by atoms with E-state index in [1.165, 1.54) is 0 Å². The number of benzene rings is 2. The number of aromatic nitrogens is 3. The Kier molecular flexibility index (Phi) is 5.76. The van der Waals surface area contributed by atoms with Crippen LogP contribution in [0.2, 0.25) is 5.02 Å². The summed E-state index contributed by atoms with van der Waals surface area (Å²) in [7, 11) is 2.00. The molecule has 0 radical (unpaired) electrons. The number of halogens is 1. The van der Waals surface area contributed by atoms with Crippen molar-refractivity contribution in [2.45, 2.75) is 19.3 Å². The number of carbonyl (C=O) groups is 1. The zero-order valence-corrected chi connectivity index (χ0v) is 19.2. The van der Waals surface area contributed by atoms with Crippen molar-refractivity contribution in [1.82, 2.24) is 15.0 Å². The number of rotatable bonds is 4. The number of hydrogen-bond donors (Lipinski definition) is 0. The zero-order valence-electron chi connectivity index (χ0n) is 17.7. The van der Waals surface area contributed by atoms with Crippen LogP contribution in [0, 0.1) is 0 Å². The fourth-order valence-electron chi connectivity index (χ4n) is 3.92. The summed E-state index contributed by atoms with van der Waals surface area (Å²) < 4.78 is 0. The van der Waals surface area contributed by atoms with Gasteiger partial charge in [-0.25, -0.2) is 15.0 Å². The van der Waals surface area contributed by atoms with Crippen LogP contribution in [0.3, 0.4) is 0 Å². The third-order valence-electron chi connectivity index (χ3n) is 5.50. The Labute approximate surface area is 195 Å². The van der Waals surface area contributed by atoms with E-state index in [1.807, 2.05) is 61.0 Å². The molecule has 32 heavy (non-hydrogen) atoms. The van der Waals surface area contributed by atoms with Crippen LogP contribution in [0.15, 0.2) is 53.9 Å². The van der Waals surface area contributed by atoms with Crippen molar-refractivity contribution in [1.29, 1.82) is 0 Å². The van der Waals surface area contributed by atoms with Gasteiger partial charge in [0, 0.05) is 37.0 Å². The molecule has 3 heterocycles. The van der Waals surface area contributed by atoms with E-state index in [4.69, 9.17) is 26.6 Å². The van der Waals surface area contributed by atoms with Gasteiger partial charge in [0.2, 0.25) is 5.91 Å². The molecular weight excluding hydrogens is 442 g/mol. The first-order valence-corrected chi connectivity index (χ1v) is 11.8. The van der Waals surface area contributed by atoms with Crippen LogP contribution in [0.4, 0.5) is 11.6 Å². The second-order valence-electron chi connectivity index (χ2n) is 7.90. The van der Waals surface area contributed by atoms with E-state index >= 15 is 0 Å². The van der Waals surface area contributed by atoms with E-state index in [9.17, 15) is 4.79 Å². The van der Waals surface area contributed by atoms with Crippen molar-refractivity contribution in [3.8, 4) is 0 Å². The van der Waals surface area contributed by atoms with E-state index in [1.54, 1.807) is 16.2 Å². The highest BCUT2D eigenvalue weighted by atomic mass is 35.5. The van der Waals surface area contributed by atoms with E-state index in [0.29, 0.717) is 23.8 Å². The molecule has 1 aliphatic rings. The minimum absolute atomic E-state index is 0.00858. The molecule has 1 aliphatic heterocycles. The average Bonchev–Trinajstić information content (AvgIpc) is 3.15. The second-order valence-corrected chi connectivity index (χ2v) is 9.28. The summed E-state index contributed by atoms with van der Waals surface area (Å²) in [6, 6.07) is 15.5. The normalized spacial score (nSPS) is 13.8. The van der Waals surface area contributed by atoms with Gasteiger partial charge in [-0.3, -0.25) is 9.69 Å². The molecule has 0 fully saturated rings. The molecule has 0 aliphatic carbocycles. The summed E-state index contributed by atoms with van der Waals surface area (Å²) in [4.78, 5) is 31.5. The lowest BCUT2D eigenvalue weighted by atomic mass is 10.2. The van der Waals surface area contributed by atoms with Crippen LogP contribution in [0.25, 0.3) is 11.0 Å². The smallest absolute Gasteiger partial charge is 0.234 e. The van der Waals surface area contributed by atoms with E-state index < -0.39 is 0 Å². The molecule has 6 nitrogen and oxygen atoms in total. The number of carbonyl (C=O) groups excluding carboxylic acids is 1. The Balaban J connectivity index is 1.38. The Morgan fingerprint density at radius 2 is 1.81 bits per heavy atom. The quantitative estimate of drug-likeness (QED) is 0.437. The molecule has 2 aromatic carbocycles. The van der Waals surface area contributed by atoms with Crippen molar-refractivity contribution in [3.05, 3.63) is 75.2 Å². The highest BCUT2D eigenvalue weighted by Gasteiger charge is 2.27. The SMILES string of the molecule is CN1CCCN(C(=O)Cc2csc(Cc3cccc(Cl)c3)n2)c2nc3ccccc3nc21. The minimum atomic E-state index is -0.00858. The average molecular weight is 464 g/mol. The number of anilines is 2. The summed E-state index contributed by atoms with van der Waals surface area (Å²) in [6.45, 7) is 1.44. The maximum atomic E-state index is 13.3. The molecule has 4 aromatic rings. The lowest BCUT2D eigenvalue weighted by Crippen LogP contribution is -2.33. The first kappa shape index (κ1) is 20.8. The maximum absolute atomic E-state index is 13.3. The topological polar surface area (TPSA) is 62.2 Å². The van der Waals surface area contributed by atoms with Gasteiger partial charge in [-0.2, -0.15) is 0 Å². The van der Waals surface area contributed by atoms with Gasteiger partial charge in [-0.15, -0.1) is 11.3 Å². The van der Waals surface area contributed by atoms with Crippen LogP contribution < -0.4 is 9.80 Å². The van der Waals surface area contributed by atoms with Crippen molar-refractivity contribution in [2.24, 2.45) is 0 Å². The number of para-hydroxylation sites is 2. The van der Waals surface area contributed by atoms with Gasteiger partial charge < -0.3 is 4.90 Å². The molecule has 0 saturated heterocycles. The van der Waals surface area contributed by atoms with Gasteiger partial charge >= 0.3 is 0 Å². The van der Waals surface area contributed by atoms with Crippen LogP contribution in [0.1, 0.15) is 22.7 Å². The molecule has 0 saturated carbocycles. The molecule has 162 valence electrons. The zero-order chi connectivity index (χ0) is 22.1. The molecule has 0 bridgehead atoms. The van der Waals surface area contributed by atoms with Crippen LogP contribution >= 0.6 is 22.9 Å². The Morgan fingerprint density at radius 1 is 1.03 bits per heavy atom. The van der Waals surface area contributed by atoms with E-state index in [-0.39, 0.29) is 12.3 Å². The van der Waals surface area contributed by atoms with Crippen molar-refractivity contribution < 1.29 is 4.79 Å². The summed E-state index contributed by atoms with van der Waals surface area (Å²) in [6.07, 6.45) is 1.80. The number of amides is 1. The Morgan fingerprint density at radius 3 is 2.59 bits per heavy atom. The van der Waals surface area contributed by atoms with Gasteiger partial charge in [0.25, 0.3) is 0 Å². The van der Waals surface area contributed by atoms with E-state index in [2.05, 4.69) is 4.90 Å². The van der Waals surface area contributed by atoms with Crippen molar-refractivity contribution in [2.75, 3.05) is 29.9 Å². The molecule has 0 N–H and O–H groups in total. The molecule has 8 heteroatoms. The predicted molar refractivity (Wildman–Crippen MR) is 130 cm³/mol. The van der Waals surface area contributed by atoms with Gasteiger partial charge in [-0.05, 0) is 36.2 Å². The molecule has 2 aromatic heterocycles. The van der Waals surface area contributed by atoms with Crippen LogP contribution in [0.5, 0.6) is 0 Å². The monoisotopic (exact) mass is 463 g/mol. The largest absolute Gasteiger partial charge is 0.357 e. The van der Waals surface area contributed by atoms with Gasteiger partial charge in [0.15, 0.2) is 11.6 Å². The third kappa shape index (κ3) is 4.31. The van der Waals surface area contributed by atoms with Gasteiger partial charge in [-0.1, -0.05) is 35.9 Å². The summed E-state index contributed by atoms with van der Waals surface area (Å²) in [5.41, 5.74) is 3.51. The van der Waals surface area contributed by atoms with Crippen LogP contribution in [-0.4, -0.2) is 41.0 Å². The highest BCUT2D eigenvalue weighted by Crippen LogP contribution is 2.30. The summed E-state index contributed by atoms with van der Waals surface area (Å²) in [5, 5.41) is 3.65. The lowest BCUT2D eigenvalue weighted by molar-refractivity contribution is -0.118. The number of hydrogen-bond acceptors (Lipinski definition) is 6. The maximum Gasteiger partial charge on any atom is 0.234 e. The van der Waals surface area contributed by atoms with Gasteiger partial charge in [0.1, 0.15) is 0 Å². The number of fused-ring (bicyclic) bond motifs is 2. The van der Waals surface area contributed by atoms with Gasteiger partial charge in [0.05, 0.1) is 28.2 Å². The fraction of sp³-hybridized carbons (Fsp3) is 0.250. The molecule has 0 atom stereocenters. The second kappa shape index (κ2) is 8.84. The Hall–Kier alpha value is -3.03. The highest BCUT2D eigenvalue weighted by molar-refractivity contribution is 7.09. The van der Waals surface area contributed by atoms with Crippen molar-refractivity contribution >= 4 is 51.5 Å². The van der Waals surface area contributed by atoms with E-state index in [0.717, 1.165) is 46.1 Å². The van der Waals surface area contributed by atoms with Crippen LogP contribution in [-0.2, 0) is 17.6 Å². The molecule has 0 unspecified atom stereocenters. The fourth-order valence-corrected chi connectivity index (χ4v) is 4.96. The minimum Gasteiger partial charge on any atom is -0.357 e. The molecule has 1 amide bonds. The Bertz CT molecular complexity index is 1290. The lowest BCUT2D eigenvalue weighted by Gasteiger charge is -2.22. The third-order valence-corrected chi connectivity index (χ3v) is 6.64. The number of thiazole rings is 1. The predicted octanol–water partition coefficient (Wildman–Crippen LogP) is 4.75. The summed E-state index contributed by atoms with van der Waals surface area (Å²) >= 11 is 7.66. The first-order chi connectivity index (χ1) is 15.6. The molecular formula is C24H22ClN5OS. The van der Waals surface area contributed by atoms with Crippen molar-refractivity contribution in [3.63, 3.8) is 0 Å². The molecule has 5 rings (SSSR count).